The first kappa shape index (κ1) is 14.2. The maximum Gasteiger partial charge on any atom is 0.234 e. The van der Waals surface area contributed by atoms with E-state index in [1.54, 1.807) is 18.2 Å². The molecule has 0 heterocycles. The molecular weight excluding hydrogens is 279 g/mol. The van der Waals surface area contributed by atoms with Crippen LogP contribution in [0.2, 0.25) is 10.0 Å². The van der Waals surface area contributed by atoms with Crippen molar-refractivity contribution >= 4 is 52.2 Å². The summed E-state index contributed by atoms with van der Waals surface area (Å²) in [7, 11) is 0. The summed E-state index contributed by atoms with van der Waals surface area (Å²) in [4.78, 5) is 11.6. The minimum Gasteiger partial charge on any atom is -0.399 e. The van der Waals surface area contributed by atoms with Crippen LogP contribution in [-0.4, -0.2) is 17.4 Å². The average Bonchev–Trinajstić information content (AvgIpc) is 2.24. The molecule has 0 aliphatic heterocycles. The lowest BCUT2D eigenvalue weighted by atomic mass is 10.3. The molecule has 3 nitrogen and oxygen atoms in total. The van der Waals surface area contributed by atoms with Crippen molar-refractivity contribution in [3.63, 3.8) is 0 Å². The summed E-state index contributed by atoms with van der Waals surface area (Å²) >= 11 is 13.3. The van der Waals surface area contributed by atoms with Crippen molar-refractivity contribution in [2.24, 2.45) is 0 Å². The van der Waals surface area contributed by atoms with E-state index in [-0.39, 0.29) is 5.91 Å². The van der Waals surface area contributed by atoms with E-state index >= 15 is 0 Å². The molecular formula is C11H12Cl2N2OS. The van der Waals surface area contributed by atoms with Crippen molar-refractivity contribution in [1.82, 2.24) is 0 Å². The highest BCUT2D eigenvalue weighted by Crippen LogP contribution is 2.32. The van der Waals surface area contributed by atoms with Gasteiger partial charge < -0.3 is 11.1 Å². The van der Waals surface area contributed by atoms with Crippen LogP contribution in [0.4, 0.5) is 11.4 Å². The molecule has 1 aromatic carbocycles. The molecule has 0 aliphatic carbocycles. The van der Waals surface area contributed by atoms with Gasteiger partial charge in [0.25, 0.3) is 0 Å². The number of carbonyl (C=O) groups is 1. The molecule has 6 heteroatoms. The number of carbonyl (C=O) groups excluding carboxylic acids is 1. The van der Waals surface area contributed by atoms with Gasteiger partial charge in [-0.25, -0.2) is 0 Å². The standard InChI is InChI=1S/C11H12Cl2N2OS/c1-2-3-17-6-10(16)15-11-8(12)4-7(14)5-9(11)13/h2,4-5H,1,3,6,14H2,(H,15,16). The second-order valence-corrected chi connectivity index (χ2v) is 5.06. The van der Waals surface area contributed by atoms with Crippen LogP contribution in [0.3, 0.4) is 0 Å². The fourth-order valence-corrected chi connectivity index (χ4v) is 2.26. The highest BCUT2D eigenvalue weighted by atomic mass is 35.5. The first-order chi connectivity index (χ1) is 8.04. The lowest BCUT2D eigenvalue weighted by Gasteiger charge is -2.09. The van der Waals surface area contributed by atoms with Crippen LogP contribution < -0.4 is 11.1 Å². The molecule has 0 bridgehead atoms. The minimum atomic E-state index is -0.162. The largest absolute Gasteiger partial charge is 0.399 e. The number of benzene rings is 1. The second-order valence-electron chi connectivity index (χ2n) is 3.21. The Bertz CT molecular complexity index is 414. The van der Waals surface area contributed by atoms with Crippen LogP contribution in [0, 0.1) is 0 Å². The minimum absolute atomic E-state index is 0.162. The number of rotatable bonds is 5. The maximum absolute atomic E-state index is 11.6. The van der Waals surface area contributed by atoms with Gasteiger partial charge in [0.15, 0.2) is 0 Å². The van der Waals surface area contributed by atoms with Gasteiger partial charge in [0.05, 0.1) is 21.5 Å². The molecule has 17 heavy (non-hydrogen) atoms. The Morgan fingerprint density at radius 2 is 2.06 bits per heavy atom. The number of thioether (sulfide) groups is 1. The van der Waals surface area contributed by atoms with Gasteiger partial charge in [-0.2, -0.15) is 0 Å². The zero-order valence-electron chi connectivity index (χ0n) is 9.00. The smallest absolute Gasteiger partial charge is 0.234 e. The third-order valence-corrected chi connectivity index (χ3v) is 3.33. The first-order valence-electron chi connectivity index (χ1n) is 4.77. The number of amides is 1. The molecule has 0 atom stereocenters. The summed E-state index contributed by atoms with van der Waals surface area (Å²) in [5, 5.41) is 3.31. The predicted octanol–water partition coefficient (Wildman–Crippen LogP) is 3.43. The normalized spacial score (nSPS) is 10.0. The molecule has 1 rings (SSSR count). The van der Waals surface area contributed by atoms with E-state index in [0.717, 1.165) is 5.75 Å². The van der Waals surface area contributed by atoms with Gasteiger partial charge in [-0.05, 0) is 12.1 Å². The second kappa shape index (κ2) is 6.79. The van der Waals surface area contributed by atoms with Crippen molar-refractivity contribution in [2.75, 3.05) is 22.6 Å². The SMILES string of the molecule is C=CCSCC(=O)Nc1c(Cl)cc(N)cc1Cl. The van der Waals surface area contributed by atoms with Crippen LogP contribution >= 0.6 is 35.0 Å². The van der Waals surface area contributed by atoms with E-state index < -0.39 is 0 Å². The fraction of sp³-hybridized carbons (Fsp3) is 0.182. The van der Waals surface area contributed by atoms with Gasteiger partial charge >= 0.3 is 0 Å². The molecule has 3 N–H and O–H groups in total. The Hall–Kier alpha value is -0.840. The zero-order chi connectivity index (χ0) is 12.8. The molecule has 92 valence electrons. The van der Waals surface area contributed by atoms with Gasteiger partial charge in [-0.15, -0.1) is 18.3 Å². The molecule has 1 amide bonds. The lowest BCUT2D eigenvalue weighted by Crippen LogP contribution is -2.15. The number of nitrogens with two attached hydrogens (primary N) is 1. The Balaban J connectivity index is 2.68. The zero-order valence-corrected chi connectivity index (χ0v) is 11.3. The maximum atomic E-state index is 11.6. The van der Waals surface area contributed by atoms with Crippen molar-refractivity contribution < 1.29 is 4.79 Å². The average molecular weight is 291 g/mol. The Morgan fingerprint density at radius 1 is 1.47 bits per heavy atom. The van der Waals surface area contributed by atoms with E-state index in [0.29, 0.717) is 27.2 Å². The van der Waals surface area contributed by atoms with E-state index in [4.69, 9.17) is 28.9 Å². The molecule has 1 aromatic rings. The molecule has 0 saturated heterocycles. The number of hydrogen-bond donors (Lipinski definition) is 2. The number of hydrogen-bond acceptors (Lipinski definition) is 3. The Kier molecular flexibility index (Phi) is 5.68. The highest BCUT2D eigenvalue weighted by molar-refractivity contribution is 8.00. The quantitative estimate of drug-likeness (QED) is 0.496. The summed E-state index contributed by atoms with van der Waals surface area (Å²) < 4.78 is 0. The number of nitrogen functional groups attached to an aromatic ring is 1. The number of nitrogens with one attached hydrogen (secondary N) is 1. The van der Waals surface area contributed by atoms with Crippen LogP contribution in [0.15, 0.2) is 24.8 Å². The predicted molar refractivity (Wildman–Crippen MR) is 77.0 cm³/mol. The molecule has 0 spiro atoms. The van der Waals surface area contributed by atoms with Gasteiger partial charge in [-0.3, -0.25) is 4.79 Å². The summed E-state index contributed by atoms with van der Waals surface area (Å²) in [6.45, 7) is 3.57. The first-order valence-corrected chi connectivity index (χ1v) is 6.68. The third kappa shape index (κ3) is 4.50. The summed E-state index contributed by atoms with van der Waals surface area (Å²) in [5.74, 6) is 0.880. The van der Waals surface area contributed by atoms with Crippen molar-refractivity contribution in [1.29, 1.82) is 0 Å². The van der Waals surface area contributed by atoms with Gasteiger partial charge in [0.2, 0.25) is 5.91 Å². The van der Waals surface area contributed by atoms with E-state index in [1.165, 1.54) is 11.8 Å². The van der Waals surface area contributed by atoms with Crippen LogP contribution in [0.5, 0.6) is 0 Å². The van der Waals surface area contributed by atoms with Crippen LogP contribution in [-0.2, 0) is 4.79 Å². The van der Waals surface area contributed by atoms with Crippen molar-refractivity contribution in [2.45, 2.75) is 0 Å². The van der Waals surface area contributed by atoms with Gasteiger partial charge in [0, 0.05) is 11.4 Å². The van der Waals surface area contributed by atoms with Crippen LogP contribution in [0.25, 0.3) is 0 Å². The summed E-state index contributed by atoms with van der Waals surface area (Å²) in [6.07, 6.45) is 1.74. The third-order valence-electron chi connectivity index (χ3n) is 1.80. The summed E-state index contributed by atoms with van der Waals surface area (Å²) in [6, 6.07) is 3.08. The van der Waals surface area contributed by atoms with E-state index in [1.807, 2.05) is 0 Å². The monoisotopic (exact) mass is 290 g/mol. The Morgan fingerprint density at radius 3 is 2.59 bits per heavy atom. The van der Waals surface area contributed by atoms with E-state index in [2.05, 4.69) is 11.9 Å². The van der Waals surface area contributed by atoms with Crippen molar-refractivity contribution in [3.05, 3.63) is 34.8 Å². The molecule has 0 radical (unpaired) electrons. The van der Waals surface area contributed by atoms with E-state index in [9.17, 15) is 4.79 Å². The lowest BCUT2D eigenvalue weighted by molar-refractivity contribution is -0.113. The molecule has 0 fully saturated rings. The van der Waals surface area contributed by atoms with Crippen molar-refractivity contribution in [3.8, 4) is 0 Å². The number of anilines is 2. The molecule has 0 unspecified atom stereocenters. The highest BCUT2D eigenvalue weighted by Gasteiger charge is 2.10. The van der Waals surface area contributed by atoms with Gasteiger partial charge in [0.1, 0.15) is 0 Å². The van der Waals surface area contributed by atoms with Gasteiger partial charge in [-0.1, -0.05) is 29.3 Å². The molecule has 0 saturated carbocycles. The molecule has 0 aliphatic rings. The Labute approximate surface area is 114 Å². The summed E-state index contributed by atoms with van der Waals surface area (Å²) in [5.41, 5.74) is 6.41. The molecule has 0 aromatic heterocycles. The topological polar surface area (TPSA) is 55.1 Å². The number of halogens is 2. The van der Waals surface area contributed by atoms with Crippen LogP contribution in [0.1, 0.15) is 0 Å². The fourth-order valence-electron chi connectivity index (χ4n) is 1.12.